The van der Waals surface area contributed by atoms with Gasteiger partial charge in [-0.25, -0.2) is 9.67 Å². The lowest BCUT2D eigenvalue weighted by Gasteiger charge is -2.26. The summed E-state index contributed by atoms with van der Waals surface area (Å²) in [7, 11) is 7.62. The molecular weight excluding hydrogens is 473 g/mol. The van der Waals surface area contributed by atoms with E-state index >= 15 is 0 Å². The number of rotatable bonds is 10. The molecule has 0 spiro atoms. The van der Waals surface area contributed by atoms with Crippen LogP contribution >= 0.6 is 24.0 Å². The van der Waals surface area contributed by atoms with Gasteiger partial charge in [0.2, 0.25) is 0 Å². The molecule has 162 valence electrons. The Morgan fingerprint density at radius 1 is 1.43 bits per heavy atom. The van der Waals surface area contributed by atoms with Gasteiger partial charge in [0.15, 0.2) is 11.8 Å². The molecule has 2 unspecified atom stereocenters. The van der Waals surface area contributed by atoms with Gasteiger partial charge in [-0.15, -0.1) is 24.0 Å². The van der Waals surface area contributed by atoms with Gasteiger partial charge in [0.05, 0.1) is 12.6 Å². The fourth-order valence-electron chi connectivity index (χ4n) is 3.15. The monoisotopic (exact) mass is 509 g/mol. The molecule has 0 amide bonds. The van der Waals surface area contributed by atoms with Crippen molar-refractivity contribution in [2.24, 2.45) is 4.99 Å². The van der Waals surface area contributed by atoms with Crippen molar-refractivity contribution in [3.8, 4) is 0 Å². The number of nitrogens with one attached hydrogen (secondary N) is 2. The van der Waals surface area contributed by atoms with Gasteiger partial charge in [0.1, 0.15) is 12.4 Å². The second-order valence-corrected chi connectivity index (χ2v) is 7.06. The highest BCUT2D eigenvalue weighted by Crippen LogP contribution is 2.13. The molecule has 1 aromatic heterocycles. The predicted octanol–water partition coefficient (Wildman–Crippen LogP) is 0.879. The van der Waals surface area contributed by atoms with Crippen molar-refractivity contribution < 1.29 is 9.47 Å². The van der Waals surface area contributed by atoms with Gasteiger partial charge in [-0.1, -0.05) is 0 Å². The van der Waals surface area contributed by atoms with Crippen LogP contribution in [0.2, 0.25) is 0 Å². The molecule has 2 N–H and O–H groups in total. The van der Waals surface area contributed by atoms with Crippen molar-refractivity contribution in [3.05, 3.63) is 11.6 Å². The third-order valence-corrected chi connectivity index (χ3v) is 4.54. The molecule has 1 aromatic rings. The van der Waals surface area contributed by atoms with Crippen molar-refractivity contribution in [2.45, 2.75) is 51.5 Å². The maximum Gasteiger partial charge on any atom is 0.191 e. The van der Waals surface area contributed by atoms with Crippen LogP contribution in [-0.2, 0) is 29.0 Å². The third-order valence-electron chi connectivity index (χ3n) is 4.54. The van der Waals surface area contributed by atoms with E-state index in [1.54, 1.807) is 14.2 Å². The van der Waals surface area contributed by atoms with Crippen molar-refractivity contribution >= 4 is 29.9 Å². The Balaban J connectivity index is 0.00000392. The van der Waals surface area contributed by atoms with E-state index in [0.717, 1.165) is 56.5 Å². The molecule has 0 aromatic carbocycles. The third kappa shape index (κ3) is 8.18. The second-order valence-electron chi connectivity index (χ2n) is 7.06. The number of aromatic nitrogens is 3. The van der Waals surface area contributed by atoms with Crippen LogP contribution in [0.25, 0.3) is 0 Å². The maximum atomic E-state index is 5.84. The highest BCUT2D eigenvalue weighted by Gasteiger charge is 2.22. The number of halogens is 1. The van der Waals surface area contributed by atoms with Gasteiger partial charge in [0.25, 0.3) is 0 Å². The van der Waals surface area contributed by atoms with E-state index < -0.39 is 0 Å². The van der Waals surface area contributed by atoms with Gasteiger partial charge in [-0.2, -0.15) is 5.10 Å². The van der Waals surface area contributed by atoms with Crippen molar-refractivity contribution in [1.29, 1.82) is 0 Å². The Kier molecular flexibility index (Phi) is 11.9. The summed E-state index contributed by atoms with van der Waals surface area (Å²) in [6.07, 6.45) is 3.05. The molecule has 28 heavy (non-hydrogen) atoms. The minimum Gasteiger partial charge on any atom is -0.377 e. The average molecular weight is 509 g/mol. The number of aliphatic imine (C=N–C) groups is 1. The second kappa shape index (κ2) is 13.3. The molecule has 0 saturated heterocycles. The lowest BCUT2D eigenvalue weighted by atomic mass is 10.1. The van der Waals surface area contributed by atoms with Crippen LogP contribution in [0.3, 0.4) is 0 Å². The Bertz CT molecular complexity index is 594. The number of guanidine groups is 1. The fourth-order valence-corrected chi connectivity index (χ4v) is 3.15. The zero-order valence-electron chi connectivity index (χ0n) is 17.8. The first-order valence-corrected chi connectivity index (χ1v) is 9.70. The van der Waals surface area contributed by atoms with Crippen LogP contribution in [0.4, 0.5) is 0 Å². The minimum atomic E-state index is 0. The summed E-state index contributed by atoms with van der Waals surface area (Å²) in [5.74, 6) is 2.58. The lowest BCUT2D eigenvalue weighted by Crippen LogP contribution is -2.49. The van der Waals surface area contributed by atoms with Crippen LogP contribution in [-0.4, -0.2) is 85.7 Å². The normalized spacial score (nSPS) is 17.8. The van der Waals surface area contributed by atoms with Crippen molar-refractivity contribution in [1.82, 2.24) is 30.3 Å². The maximum absolute atomic E-state index is 5.84. The van der Waals surface area contributed by atoms with E-state index in [4.69, 9.17) is 9.47 Å². The summed E-state index contributed by atoms with van der Waals surface area (Å²) < 4.78 is 12.9. The van der Waals surface area contributed by atoms with E-state index in [1.807, 2.05) is 11.6 Å². The summed E-state index contributed by atoms with van der Waals surface area (Å²) in [4.78, 5) is 11.1. The van der Waals surface area contributed by atoms with E-state index in [1.165, 1.54) is 0 Å². The highest BCUT2D eigenvalue weighted by atomic mass is 127. The van der Waals surface area contributed by atoms with Crippen molar-refractivity contribution in [3.63, 3.8) is 0 Å². The average Bonchev–Trinajstić information content (AvgIpc) is 3.04. The standard InChI is InChI=1S/C18H35N7O2.HI/c1-6-27-15(9-10-24(3)4)11-20-18(19-2)21-14-7-8-17-22-16(13-26-5)23-25(17)12-14;/h14-15H,6-13H2,1-5H3,(H2,19,20,21);1H. The first kappa shape index (κ1) is 25.1. The van der Waals surface area contributed by atoms with Crippen LogP contribution in [0.15, 0.2) is 4.99 Å². The first-order chi connectivity index (χ1) is 13.0. The molecule has 2 heterocycles. The number of hydrogen-bond acceptors (Lipinski definition) is 6. The van der Waals surface area contributed by atoms with Crippen molar-refractivity contribution in [2.75, 3.05) is 47.9 Å². The Labute approximate surface area is 185 Å². The number of nitrogens with zero attached hydrogens (tertiary/aromatic N) is 5. The zero-order valence-corrected chi connectivity index (χ0v) is 20.1. The minimum absolute atomic E-state index is 0. The molecule has 0 aliphatic carbocycles. The Morgan fingerprint density at radius 3 is 2.86 bits per heavy atom. The number of ether oxygens (including phenoxy) is 2. The van der Waals surface area contributed by atoms with Crippen LogP contribution < -0.4 is 10.6 Å². The molecule has 0 saturated carbocycles. The summed E-state index contributed by atoms with van der Waals surface area (Å²) in [6, 6.07) is 0.271. The largest absolute Gasteiger partial charge is 0.377 e. The number of aryl methyl sites for hydroxylation is 1. The summed E-state index contributed by atoms with van der Waals surface area (Å²) >= 11 is 0. The summed E-state index contributed by atoms with van der Waals surface area (Å²) in [5.41, 5.74) is 0. The number of methoxy groups -OCH3 is 1. The van der Waals surface area contributed by atoms with Crippen LogP contribution in [0, 0.1) is 0 Å². The smallest absolute Gasteiger partial charge is 0.191 e. The van der Waals surface area contributed by atoms with Crippen LogP contribution in [0.1, 0.15) is 31.4 Å². The topological polar surface area (TPSA) is 88.8 Å². The van der Waals surface area contributed by atoms with Gasteiger partial charge >= 0.3 is 0 Å². The van der Waals surface area contributed by atoms with E-state index in [2.05, 4.69) is 44.7 Å². The number of hydrogen-bond donors (Lipinski definition) is 2. The predicted molar refractivity (Wildman–Crippen MR) is 121 cm³/mol. The van der Waals surface area contributed by atoms with E-state index in [0.29, 0.717) is 13.2 Å². The summed E-state index contributed by atoms with van der Waals surface area (Å²) in [5, 5.41) is 11.4. The molecule has 1 aliphatic heterocycles. The van der Waals surface area contributed by atoms with Gasteiger partial charge in [-0.3, -0.25) is 4.99 Å². The molecule has 0 bridgehead atoms. The molecule has 9 nitrogen and oxygen atoms in total. The van der Waals surface area contributed by atoms with E-state index in [-0.39, 0.29) is 36.1 Å². The Morgan fingerprint density at radius 2 is 2.21 bits per heavy atom. The quantitative estimate of drug-likeness (QED) is 0.275. The molecule has 2 rings (SSSR count). The van der Waals surface area contributed by atoms with Gasteiger partial charge in [-0.05, 0) is 33.9 Å². The SMILES string of the molecule is CCOC(CCN(C)C)CNC(=NC)NC1CCc2nc(COC)nn2C1.I. The molecule has 0 radical (unpaired) electrons. The molecule has 1 aliphatic rings. The first-order valence-electron chi connectivity index (χ1n) is 9.70. The molecular formula is C18H36IN7O2. The molecule has 2 atom stereocenters. The Hall–Kier alpha value is -0.980. The van der Waals surface area contributed by atoms with Gasteiger partial charge in [0, 0.05) is 46.3 Å². The van der Waals surface area contributed by atoms with E-state index in [9.17, 15) is 0 Å². The van der Waals surface area contributed by atoms with Crippen LogP contribution in [0.5, 0.6) is 0 Å². The fraction of sp³-hybridized carbons (Fsp3) is 0.833. The highest BCUT2D eigenvalue weighted by molar-refractivity contribution is 14.0. The molecule has 10 heteroatoms. The lowest BCUT2D eigenvalue weighted by molar-refractivity contribution is 0.0547. The zero-order chi connectivity index (χ0) is 19.6. The summed E-state index contributed by atoms with van der Waals surface area (Å²) in [6.45, 7) is 5.72. The van der Waals surface area contributed by atoms with Gasteiger partial charge < -0.3 is 25.0 Å². The number of fused-ring (bicyclic) bond motifs is 1. The molecule has 0 fully saturated rings.